The van der Waals surface area contributed by atoms with E-state index < -0.39 is 25.4 Å². The summed E-state index contributed by atoms with van der Waals surface area (Å²) in [5, 5.41) is 15.2. The minimum Gasteiger partial charge on any atom is -0.543 e. The molecule has 8 aromatic rings. The monoisotopic (exact) mass is 1040 g/mol. The highest BCUT2D eigenvalue weighted by Crippen LogP contribution is 2.56. The van der Waals surface area contributed by atoms with Gasteiger partial charge in [0.25, 0.3) is 16.6 Å². The molecular formula is C71H73O2Si3. The summed E-state index contributed by atoms with van der Waals surface area (Å²) in [5.41, 5.74) is 12.2. The predicted molar refractivity (Wildman–Crippen MR) is 336 cm³/mol. The van der Waals surface area contributed by atoms with Crippen LogP contribution in [-0.4, -0.2) is 25.4 Å². The van der Waals surface area contributed by atoms with E-state index in [1.807, 2.05) is 0 Å². The zero-order valence-corrected chi connectivity index (χ0v) is 49.9. The van der Waals surface area contributed by atoms with Crippen LogP contribution in [0.5, 0.6) is 11.5 Å². The van der Waals surface area contributed by atoms with Gasteiger partial charge in [-0.3, -0.25) is 0 Å². The van der Waals surface area contributed by atoms with Crippen LogP contribution >= 0.6 is 0 Å². The summed E-state index contributed by atoms with van der Waals surface area (Å²) in [7, 11) is -5.44. The zero-order valence-electron chi connectivity index (χ0n) is 46.9. The summed E-state index contributed by atoms with van der Waals surface area (Å²) < 4.78 is 14.5. The Balaban J connectivity index is 0.951. The molecular weight excluding hydrogens is 969 g/mol. The van der Waals surface area contributed by atoms with Crippen molar-refractivity contribution in [1.29, 1.82) is 0 Å². The van der Waals surface area contributed by atoms with Crippen LogP contribution in [0.1, 0.15) is 78.4 Å². The van der Waals surface area contributed by atoms with Crippen LogP contribution < -0.4 is 8.85 Å². The van der Waals surface area contributed by atoms with Crippen LogP contribution in [0.25, 0.3) is 64.6 Å². The molecule has 0 spiro atoms. The third kappa shape index (κ3) is 8.49. The first-order valence-electron chi connectivity index (χ1n) is 27.7. The topological polar surface area (TPSA) is 18.5 Å². The normalized spacial score (nSPS) is 20.1. The number of fused-ring (bicyclic) bond motifs is 6. The summed E-state index contributed by atoms with van der Waals surface area (Å²) in [6.07, 6.45) is 24.2. The van der Waals surface area contributed by atoms with Gasteiger partial charge in [-0.1, -0.05) is 181 Å². The van der Waals surface area contributed by atoms with Gasteiger partial charge < -0.3 is 8.85 Å². The first-order chi connectivity index (χ1) is 36.2. The fourth-order valence-corrected chi connectivity index (χ4v) is 18.0. The second-order valence-corrected chi connectivity index (χ2v) is 37.7. The molecule has 0 amide bonds. The third-order valence-electron chi connectivity index (χ3n) is 18.6. The van der Waals surface area contributed by atoms with Crippen molar-refractivity contribution in [2.45, 2.75) is 121 Å². The van der Waals surface area contributed by atoms with Crippen LogP contribution in [0, 0.1) is 0 Å². The van der Waals surface area contributed by atoms with Crippen molar-refractivity contribution < 1.29 is 8.85 Å². The Morgan fingerprint density at radius 2 is 0.750 bits per heavy atom. The van der Waals surface area contributed by atoms with Gasteiger partial charge in [-0.2, -0.15) is 0 Å². The zero-order chi connectivity index (χ0) is 53.2. The molecule has 381 valence electrons. The molecule has 12 rings (SSSR count). The molecule has 4 atom stereocenters. The molecule has 0 saturated carbocycles. The van der Waals surface area contributed by atoms with Crippen LogP contribution in [0.2, 0.25) is 53.9 Å². The van der Waals surface area contributed by atoms with E-state index in [0.29, 0.717) is 11.1 Å². The molecule has 0 aliphatic heterocycles. The van der Waals surface area contributed by atoms with Crippen molar-refractivity contribution in [3.8, 4) is 11.5 Å². The minimum absolute atomic E-state index is 0.0696. The van der Waals surface area contributed by atoms with E-state index in [2.05, 4.69) is 270 Å². The van der Waals surface area contributed by atoms with Crippen molar-refractivity contribution in [3.05, 3.63) is 227 Å². The van der Waals surface area contributed by atoms with Gasteiger partial charge in [-0.15, -0.1) is 0 Å². The Hall–Kier alpha value is -6.51. The summed E-state index contributed by atoms with van der Waals surface area (Å²) in [6.45, 7) is 30.9. The molecule has 4 aliphatic carbocycles. The quantitative estimate of drug-likeness (QED) is 0.112. The molecule has 1 radical (unpaired) electrons. The van der Waals surface area contributed by atoms with Crippen LogP contribution in [-0.2, 0) is 0 Å². The number of hydrogen-bond donors (Lipinski definition) is 0. The predicted octanol–water partition coefficient (Wildman–Crippen LogP) is 20.9. The second kappa shape index (κ2) is 18.3. The van der Waals surface area contributed by atoms with Gasteiger partial charge >= 0.3 is 0 Å². The van der Waals surface area contributed by atoms with Crippen molar-refractivity contribution >= 4 is 90.1 Å². The average molecular weight is 1040 g/mol. The van der Waals surface area contributed by atoms with E-state index in [1.54, 1.807) is 0 Å². The van der Waals surface area contributed by atoms with E-state index in [-0.39, 0.29) is 21.9 Å². The highest BCUT2D eigenvalue weighted by Gasteiger charge is 2.43. The molecule has 2 nitrogen and oxygen atoms in total. The Morgan fingerprint density at radius 3 is 1.09 bits per heavy atom. The molecule has 0 bridgehead atoms. The second-order valence-electron chi connectivity index (χ2n) is 25.6. The molecule has 4 unspecified atom stereocenters. The average Bonchev–Trinajstić information content (AvgIpc) is 3.71. The summed E-state index contributed by atoms with van der Waals surface area (Å²) >= 11 is 0. The van der Waals surface area contributed by atoms with Gasteiger partial charge in [0, 0.05) is 22.6 Å². The minimum atomic E-state index is -2.16. The maximum Gasteiger partial charge on any atom is 0.250 e. The lowest BCUT2D eigenvalue weighted by molar-refractivity contribution is 0.496. The van der Waals surface area contributed by atoms with E-state index in [9.17, 15) is 0 Å². The SMILES string of the molecule is CC1=CC2=C(C=CC=CC2c2ccc(O[Si](C)(C)C(C)(C)C)c3cc4cc5ccccc5cc4cc23)C1[Si](C)C1C(C)=CC2=C1C=CC=CC2c1ccc(O[Si](C)(C)C(C)(C)C)c2cc3cc4ccccc4cc3cc12. The lowest BCUT2D eigenvalue weighted by atomic mass is 9.85. The number of benzene rings is 8. The van der Waals surface area contributed by atoms with Gasteiger partial charge in [0.15, 0.2) is 0 Å². The van der Waals surface area contributed by atoms with Crippen molar-refractivity contribution in [2.75, 3.05) is 0 Å². The van der Waals surface area contributed by atoms with Gasteiger partial charge in [-0.25, -0.2) is 0 Å². The van der Waals surface area contributed by atoms with E-state index in [1.165, 1.54) is 109 Å². The number of rotatable bonds is 8. The maximum absolute atomic E-state index is 7.24. The number of allylic oxidation sites excluding steroid dienone is 16. The first-order valence-corrected chi connectivity index (χ1v) is 35.7. The van der Waals surface area contributed by atoms with Crippen LogP contribution in [0.15, 0.2) is 216 Å². The van der Waals surface area contributed by atoms with Gasteiger partial charge in [0.1, 0.15) is 11.5 Å². The first kappa shape index (κ1) is 50.3. The summed E-state index contributed by atoms with van der Waals surface area (Å²) in [4.78, 5) is 0. The highest BCUT2D eigenvalue weighted by molar-refractivity contribution is 6.75. The fraction of sp³-hybridized carbons (Fsp3) is 0.268. The molecule has 0 saturated heterocycles. The molecule has 0 aromatic heterocycles. The Kier molecular flexibility index (Phi) is 12.1. The van der Waals surface area contributed by atoms with E-state index in [4.69, 9.17) is 8.85 Å². The molecule has 0 heterocycles. The molecule has 4 aliphatic rings. The maximum atomic E-state index is 7.24. The lowest BCUT2D eigenvalue weighted by Gasteiger charge is -2.37. The van der Waals surface area contributed by atoms with E-state index >= 15 is 0 Å². The smallest absolute Gasteiger partial charge is 0.250 e. The third-order valence-corrected chi connectivity index (χ3v) is 30.6. The Labute approximate surface area is 455 Å². The Morgan fingerprint density at radius 1 is 0.408 bits per heavy atom. The fourth-order valence-electron chi connectivity index (χ4n) is 12.5. The van der Waals surface area contributed by atoms with Crippen molar-refractivity contribution in [2.24, 2.45) is 0 Å². The van der Waals surface area contributed by atoms with Crippen LogP contribution in [0.3, 0.4) is 0 Å². The molecule has 0 fully saturated rings. The Bertz CT molecular complexity index is 3760. The molecule has 5 heteroatoms. The molecule has 0 N–H and O–H groups in total. The van der Waals surface area contributed by atoms with E-state index in [0.717, 1.165) is 11.5 Å². The molecule has 8 aromatic carbocycles. The van der Waals surface area contributed by atoms with Gasteiger partial charge in [0.2, 0.25) is 0 Å². The summed E-state index contributed by atoms with van der Waals surface area (Å²) in [5.74, 6) is 2.19. The standard InChI is InChI=1S/C71H73O2Si3/c1-44-34-60-54(56-30-32-66(72-75(10,11)70(3,4)5)64-42-52-38-48-24-16-14-22-46(48)36-50(52)40-62(56)64)26-18-20-28-58(60)68(44)74(9)69-45(2)35-61-55(27-19-21-29-59(61)69)57-31-33-67(73-76(12,13)71(6,7)8)65-43-53-39-49-25-17-15-23-47(49)37-51(53)41-63(57)65/h14-43,54-55,68-69H,1-13H3. The van der Waals surface area contributed by atoms with Crippen LogP contribution in [0.4, 0.5) is 0 Å². The van der Waals surface area contributed by atoms with Crippen molar-refractivity contribution in [3.63, 3.8) is 0 Å². The summed E-state index contributed by atoms with van der Waals surface area (Å²) in [6, 6.07) is 46.1. The highest BCUT2D eigenvalue weighted by atomic mass is 28.4. The van der Waals surface area contributed by atoms with Gasteiger partial charge in [0.05, 0.1) is 8.80 Å². The number of hydrogen-bond acceptors (Lipinski definition) is 2. The van der Waals surface area contributed by atoms with Crippen molar-refractivity contribution in [1.82, 2.24) is 0 Å². The largest absolute Gasteiger partial charge is 0.543 e. The lowest BCUT2D eigenvalue weighted by Crippen LogP contribution is -2.43. The van der Waals surface area contributed by atoms with Gasteiger partial charge in [-0.05, 0) is 209 Å². The molecule has 76 heavy (non-hydrogen) atoms.